The van der Waals surface area contributed by atoms with E-state index in [0.29, 0.717) is 23.8 Å². The lowest BCUT2D eigenvalue weighted by atomic mass is 9.57. The molecule has 0 aliphatic heterocycles. The van der Waals surface area contributed by atoms with E-state index in [9.17, 15) is 9.66 Å². The van der Waals surface area contributed by atoms with Crippen LogP contribution >= 0.6 is 11.6 Å². The van der Waals surface area contributed by atoms with Crippen molar-refractivity contribution in [1.29, 1.82) is 0 Å². The predicted molar refractivity (Wildman–Crippen MR) is 103 cm³/mol. The maximum absolute atomic E-state index is 12.7. The normalized spacial score (nSPS) is 27.0. The third kappa shape index (κ3) is 4.47. The van der Waals surface area contributed by atoms with E-state index in [2.05, 4.69) is 18.6 Å². The highest BCUT2D eigenvalue weighted by atomic mass is 35.5. The summed E-state index contributed by atoms with van der Waals surface area (Å²) < 4.78 is 15.8. The molecule has 3 nitrogen and oxygen atoms in total. The highest BCUT2D eigenvalue weighted by molar-refractivity contribution is 7.90. The number of benzene rings is 1. The maximum Gasteiger partial charge on any atom is 0.136 e. The molecular formula is C19H30ClNO2S. The van der Waals surface area contributed by atoms with Crippen molar-refractivity contribution in [2.75, 3.05) is 0 Å². The van der Waals surface area contributed by atoms with Crippen LogP contribution in [0.3, 0.4) is 0 Å². The number of halogens is 1. The summed E-state index contributed by atoms with van der Waals surface area (Å²) in [5, 5.41) is 10.8. The number of nitrogens with one attached hydrogen (secondary N) is 1. The molecule has 1 aliphatic carbocycles. The second-order valence-corrected chi connectivity index (χ2v) is 10.8. The molecule has 0 radical (unpaired) electrons. The van der Waals surface area contributed by atoms with E-state index in [1.54, 1.807) is 0 Å². The molecule has 136 valence electrons. The van der Waals surface area contributed by atoms with Gasteiger partial charge in [-0.1, -0.05) is 37.6 Å². The number of aliphatic hydroxyl groups is 1. The summed E-state index contributed by atoms with van der Waals surface area (Å²) in [5.41, 5.74) is 0.983. The van der Waals surface area contributed by atoms with E-state index in [0.717, 1.165) is 6.42 Å². The van der Waals surface area contributed by atoms with Gasteiger partial charge >= 0.3 is 0 Å². The molecule has 5 heteroatoms. The van der Waals surface area contributed by atoms with E-state index in [-0.39, 0.29) is 22.3 Å². The van der Waals surface area contributed by atoms with Gasteiger partial charge in [0.2, 0.25) is 0 Å². The van der Waals surface area contributed by atoms with Crippen LogP contribution in [0.25, 0.3) is 0 Å². The molecule has 0 heterocycles. The molecule has 1 aromatic rings. The second-order valence-electron chi connectivity index (χ2n) is 8.41. The van der Waals surface area contributed by atoms with Crippen molar-refractivity contribution in [2.45, 2.75) is 76.2 Å². The average molecular weight is 372 g/mol. The highest BCUT2D eigenvalue weighted by Gasteiger charge is 2.52. The summed E-state index contributed by atoms with van der Waals surface area (Å²) in [6.07, 6.45) is 2.01. The molecule has 2 atom stereocenters. The van der Waals surface area contributed by atoms with Gasteiger partial charge in [-0.2, -0.15) is 0 Å². The third-order valence-electron chi connectivity index (χ3n) is 4.80. The van der Waals surface area contributed by atoms with Crippen LogP contribution in [0.5, 0.6) is 0 Å². The highest BCUT2D eigenvalue weighted by Crippen LogP contribution is 2.48. The Hall–Kier alpha value is -0.260. The summed E-state index contributed by atoms with van der Waals surface area (Å²) in [4.78, 5) is 0. The van der Waals surface area contributed by atoms with Gasteiger partial charge in [0, 0.05) is 21.8 Å². The first kappa shape index (κ1) is 20.1. The fourth-order valence-corrected chi connectivity index (χ4v) is 4.51. The molecule has 1 aliphatic rings. The van der Waals surface area contributed by atoms with Gasteiger partial charge in [-0.15, -0.1) is 4.72 Å². The molecule has 0 bridgehead atoms. The minimum Gasteiger partial charge on any atom is -0.598 e. The number of rotatable bonds is 6. The van der Waals surface area contributed by atoms with Crippen molar-refractivity contribution in [3.63, 3.8) is 0 Å². The van der Waals surface area contributed by atoms with Crippen LogP contribution in [0.4, 0.5) is 0 Å². The molecule has 0 amide bonds. The van der Waals surface area contributed by atoms with Gasteiger partial charge in [0.1, 0.15) is 4.75 Å². The molecule has 0 aromatic heterocycles. The minimum atomic E-state index is -1.15. The van der Waals surface area contributed by atoms with Crippen LogP contribution in [-0.2, 0) is 16.8 Å². The Labute approximate surface area is 154 Å². The minimum absolute atomic E-state index is 0.0575. The lowest BCUT2D eigenvalue weighted by molar-refractivity contribution is -0.00279. The van der Waals surface area contributed by atoms with Crippen LogP contribution < -0.4 is 4.72 Å². The Bertz CT molecular complexity index is 535. The van der Waals surface area contributed by atoms with Crippen molar-refractivity contribution >= 4 is 23.0 Å². The van der Waals surface area contributed by atoms with Gasteiger partial charge in [-0.05, 0) is 63.6 Å². The van der Waals surface area contributed by atoms with Crippen LogP contribution in [0, 0.1) is 5.92 Å². The van der Waals surface area contributed by atoms with Crippen LogP contribution in [0.2, 0.25) is 5.02 Å². The van der Waals surface area contributed by atoms with Gasteiger partial charge in [-0.25, -0.2) is 0 Å². The topological polar surface area (TPSA) is 55.3 Å². The SMILES string of the molecule is CC(C)C[C@H](N[S+]([O-])C(C)(C)C)C1(c2ccc(Cl)cc2)CC(O)C1. The van der Waals surface area contributed by atoms with Gasteiger partial charge in [0.05, 0.1) is 12.1 Å². The average Bonchev–Trinajstić information content (AvgIpc) is 2.42. The molecule has 1 saturated carbocycles. The summed E-state index contributed by atoms with van der Waals surface area (Å²) >= 11 is 4.90. The van der Waals surface area contributed by atoms with E-state index in [4.69, 9.17) is 11.6 Å². The standard InChI is InChI=1S/C19H30ClNO2S/c1-13(2)10-17(21-24(23)18(3,4)5)19(11-16(22)12-19)14-6-8-15(20)9-7-14/h6-9,13,16-17,21-22H,10-12H2,1-5H3/t16?,17-,19?,24?/m0/s1. The van der Waals surface area contributed by atoms with E-state index < -0.39 is 11.4 Å². The zero-order valence-electron chi connectivity index (χ0n) is 15.3. The molecule has 1 unspecified atom stereocenters. The Balaban J connectivity index is 2.33. The second kappa shape index (κ2) is 7.55. The Kier molecular flexibility index (Phi) is 6.31. The van der Waals surface area contributed by atoms with Crippen molar-refractivity contribution in [2.24, 2.45) is 5.92 Å². The van der Waals surface area contributed by atoms with E-state index in [1.165, 1.54) is 5.56 Å². The van der Waals surface area contributed by atoms with Crippen molar-refractivity contribution in [3.8, 4) is 0 Å². The molecule has 1 aromatic carbocycles. The quantitative estimate of drug-likeness (QED) is 0.737. The molecule has 2 rings (SSSR count). The first-order chi connectivity index (χ1) is 11.0. The van der Waals surface area contributed by atoms with Gasteiger partial charge in [-0.3, -0.25) is 0 Å². The molecule has 1 fully saturated rings. The summed E-state index contributed by atoms with van der Waals surface area (Å²) in [6.45, 7) is 10.3. The van der Waals surface area contributed by atoms with Crippen molar-refractivity contribution < 1.29 is 9.66 Å². The monoisotopic (exact) mass is 371 g/mol. The van der Waals surface area contributed by atoms with Crippen molar-refractivity contribution in [3.05, 3.63) is 34.9 Å². The summed E-state index contributed by atoms with van der Waals surface area (Å²) in [5.74, 6) is 0.474. The van der Waals surface area contributed by atoms with Crippen molar-refractivity contribution in [1.82, 2.24) is 4.72 Å². The van der Waals surface area contributed by atoms with Crippen LogP contribution in [0.15, 0.2) is 24.3 Å². The fraction of sp³-hybridized carbons (Fsp3) is 0.684. The number of hydrogen-bond donors (Lipinski definition) is 2. The first-order valence-electron chi connectivity index (χ1n) is 8.67. The molecule has 2 N–H and O–H groups in total. The lowest BCUT2D eigenvalue weighted by Crippen LogP contribution is -2.61. The summed E-state index contributed by atoms with van der Waals surface area (Å²) in [6, 6.07) is 7.95. The largest absolute Gasteiger partial charge is 0.598 e. The third-order valence-corrected chi connectivity index (χ3v) is 6.66. The fourth-order valence-electron chi connectivity index (χ4n) is 3.45. The van der Waals surface area contributed by atoms with E-state index >= 15 is 0 Å². The van der Waals surface area contributed by atoms with Crippen LogP contribution in [0.1, 0.15) is 59.4 Å². The van der Waals surface area contributed by atoms with Gasteiger partial charge < -0.3 is 9.66 Å². The predicted octanol–water partition coefficient (Wildman–Crippen LogP) is 4.20. The Morgan fingerprint density at radius 3 is 2.25 bits per heavy atom. The maximum atomic E-state index is 12.7. The molecule has 0 spiro atoms. The zero-order chi connectivity index (χ0) is 18.1. The summed E-state index contributed by atoms with van der Waals surface area (Å²) in [7, 11) is 0. The van der Waals surface area contributed by atoms with Gasteiger partial charge in [0.25, 0.3) is 0 Å². The van der Waals surface area contributed by atoms with Gasteiger partial charge in [0.15, 0.2) is 0 Å². The Morgan fingerprint density at radius 2 is 1.83 bits per heavy atom. The van der Waals surface area contributed by atoms with Crippen LogP contribution in [-0.4, -0.2) is 26.6 Å². The molecule has 24 heavy (non-hydrogen) atoms. The Morgan fingerprint density at radius 1 is 1.29 bits per heavy atom. The number of aliphatic hydroxyl groups excluding tert-OH is 1. The number of hydrogen-bond acceptors (Lipinski definition) is 3. The lowest BCUT2D eigenvalue weighted by Gasteiger charge is -2.51. The smallest absolute Gasteiger partial charge is 0.136 e. The zero-order valence-corrected chi connectivity index (χ0v) is 16.9. The van der Waals surface area contributed by atoms with E-state index in [1.807, 2.05) is 45.0 Å². The molecule has 0 saturated heterocycles. The first-order valence-corrected chi connectivity index (χ1v) is 10.2. The molecular weight excluding hydrogens is 342 g/mol.